The lowest BCUT2D eigenvalue weighted by Gasteiger charge is -2.37. The fourth-order valence-corrected chi connectivity index (χ4v) is 5.88. The Morgan fingerprint density at radius 3 is 2.00 bits per heavy atom. The monoisotopic (exact) mass is 601 g/mol. The van der Waals surface area contributed by atoms with Crippen LogP contribution in [0.4, 0.5) is 14.4 Å². The molecular formula is C34H55N3O6. The van der Waals surface area contributed by atoms with Gasteiger partial charge in [0.25, 0.3) is 0 Å². The zero-order chi connectivity index (χ0) is 31.5. The van der Waals surface area contributed by atoms with Gasteiger partial charge in [-0.3, -0.25) is 0 Å². The van der Waals surface area contributed by atoms with Crippen LogP contribution in [-0.2, 0) is 20.8 Å². The van der Waals surface area contributed by atoms with Crippen molar-refractivity contribution in [3.63, 3.8) is 0 Å². The van der Waals surface area contributed by atoms with Gasteiger partial charge in [-0.2, -0.15) is 0 Å². The number of amides is 3. The molecule has 0 heterocycles. The molecule has 2 fully saturated rings. The number of nitrogens with zero attached hydrogens (tertiary/aromatic N) is 2. The molecule has 2 aliphatic rings. The van der Waals surface area contributed by atoms with Gasteiger partial charge in [-0.15, -0.1) is 0 Å². The molecule has 3 rings (SSSR count). The van der Waals surface area contributed by atoms with Crippen molar-refractivity contribution in [3.8, 4) is 0 Å². The van der Waals surface area contributed by atoms with Crippen molar-refractivity contribution in [1.82, 2.24) is 15.1 Å². The highest BCUT2D eigenvalue weighted by Gasteiger charge is 2.31. The number of carbonyl (C=O) groups excluding carboxylic acids is 3. The maximum absolute atomic E-state index is 13.3. The Balaban J connectivity index is 1.52. The molecule has 3 amide bonds. The predicted octanol–water partition coefficient (Wildman–Crippen LogP) is 7.67. The molecule has 0 unspecified atom stereocenters. The van der Waals surface area contributed by atoms with Crippen molar-refractivity contribution in [1.29, 1.82) is 0 Å². The molecule has 0 aliphatic heterocycles. The quantitative estimate of drug-likeness (QED) is 0.277. The van der Waals surface area contributed by atoms with Gasteiger partial charge < -0.3 is 29.3 Å². The van der Waals surface area contributed by atoms with Gasteiger partial charge in [-0.1, -0.05) is 49.6 Å². The van der Waals surface area contributed by atoms with E-state index in [0.717, 1.165) is 56.9 Å². The Bertz CT molecular complexity index is 1010. The van der Waals surface area contributed by atoms with Crippen LogP contribution in [0, 0.1) is 5.92 Å². The molecule has 9 nitrogen and oxygen atoms in total. The third kappa shape index (κ3) is 13.1. The summed E-state index contributed by atoms with van der Waals surface area (Å²) in [5.74, 6) is 0.311. The molecule has 1 N–H and O–H groups in total. The number of carbonyl (C=O) groups is 3. The summed E-state index contributed by atoms with van der Waals surface area (Å²) < 4.78 is 16.9. The lowest BCUT2D eigenvalue weighted by Crippen LogP contribution is -2.46. The number of nitrogens with one attached hydrogen (secondary N) is 1. The minimum absolute atomic E-state index is 0.0624. The highest BCUT2D eigenvalue weighted by atomic mass is 16.6. The van der Waals surface area contributed by atoms with E-state index in [0.29, 0.717) is 32.0 Å². The van der Waals surface area contributed by atoms with E-state index < -0.39 is 17.3 Å². The largest absolute Gasteiger partial charge is 0.445 e. The average Bonchev–Trinajstić information content (AvgIpc) is 2.93. The second-order valence-electron chi connectivity index (χ2n) is 14.2. The summed E-state index contributed by atoms with van der Waals surface area (Å²) in [6.45, 7) is 13.2. The summed E-state index contributed by atoms with van der Waals surface area (Å²) in [4.78, 5) is 42.5. The van der Waals surface area contributed by atoms with E-state index in [1.54, 1.807) is 0 Å². The fourth-order valence-electron chi connectivity index (χ4n) is 5.88. The van der Waals surface area contributed by atoms with Crippen LogP contribution >= 0.6 is 0 Å². The van der Waals surface area contributed by atoms with Gasteiger partial charge in [0.2, 0.25) is 0 Å². The first-order chi connectivity index (χ1) is 20.3. The molecule has 1 aromatic rings. The smallest absolute Gasteiger partial charge is 0.410 e. The maximum atomic E-state index is 13.3. The molecule has 0 radical (unpaired) electrons. The van der Waals surface area contributed by atoms with Gasteiger partial charge in [-0.05, 0) is 98.0 Å². The number of hydrogen-bond acceptors (Lipinski definition) is 6. The van der Waals surface area contributed by atoms with Crippen LogP contribution in [0.3, 0.4) is 0 Å². The lowest BCUT2D eigenvalue weighted by molar-refractivity contribution is 0.00911. The Hall–Kier alpha value is -2.97. The van der Waals surface area contributed by atoms with Crippen molar-refractivity contribution in [2.24, 2.45) is 5.92 Å². The van der Waals surface area contributed by atoms with Crippen LogP contribution in [0.25, 0.3) is 0 Å². The van der Waals surface area contributed by atoms with Crippen molar-refractivity contribution >= 4 is 18.3 Å². The first-order valence-corrected chi connectivity index (χ1v) is 16.2. The highest BCUT2D eigenvalue weighted by molar-refractivity contribution is 5.69. The van der Waals surface area contributed by atoms with E-state index in [-0.39, 0.29) is 30.9 Å². The van der Waals surface area contributed by atoms with Crippen LogP contribution in [-0.4, -0.2) is 71.0 Å². The van der Waals surface area contributed by atoms with Gasteiger partial charge in [-0.25, -0.2) is 14.4 Å². The van der Waals surface area contributed by atoms with E-state index in [1.807, 2.05) is 81.7 Å². The molecular weight excluding hydrogens is 546 g/mol. The molecule has 0 saturated heterocycles. The van der Waals surface area contributed by atoms with E-state index in [1.165, 1.54) is 6.42 Å². The highest BCUT2D eigenvalue weighted by Crippen LogP contribution is 2.27. The topological polar surface area (TPSA) is 97.4 Å². The molecule has 1 aromatic carbocycles. The van der Waals surface area contributed by atoms with Crippen LogP contribution in [0.1, 0.15) is 111 Å². The fraction of sp³-hybridized carbons (Fsp3) is 0.735. The molecule has 9 heteroatoms. The van der Waals surface area contributed by atoms with Crippen LogP contribution in [0.2, 0.25) is 0 Å². The molecule has 43 heavy (non-hydrogen) atoms. The summed E-state index contributed by atoms with van der Waals surface area (Å²) >= 11 is 0. The van der Waals surface area contributed by atoms with Gasteiger partial charge in [0.1, 0.15) is 17.8 Å². The molecule has 0 spiro atoms. The summed E-state index contributed by atoms with van der Waals surface area (Å²) in [6, 6.07) is 9.88. The molecule has 0 atom stereocenters. The minimum Gasteiger partial charge on any atom is -0.445 e. The first-order valence-electron chi connectivity index (χ1n) is 16.2. The third-order valence-corrected chi connectivity index (χ3v) is 7.98. The SMILES string of the molecule is CC(C)(C)OC(=O)N(CCCN(C(=O)OC(C)(C)C)C1CCCCC1)CC1CCC(NC(=O)OCc2ccccc2)CC1. The van der Waals surface area contributed by atoms with Gasteiger partial charge >= 0.3 is 18.3 Å². The second-order valence-corrected chi connectivity index (χ2v) is 14.2. The van der Waals surface area contributed by atoms with Crippen LogP contribution in [0.5, 0.6) is 0 Å². The maximum Gasteiger partial charge on any atom is 0.410 e. The molecule has 2 aliphatic carbocycles. The lowest BCUT2D eigenvalue weighted by atomic mass is 9.85. The zero-order valence-corrected chi connectivity index (χ0v) is 27.4. The molecule has 0 aromatic heterocycles. The first kappa shape index (κ1) is 34.5. The number of rotatable bonds is 10. The van der Waals surface area contributed by atoms with Crippen molar-refractivity contribution in [3.05, 3.63) is 35.9 Å². The minimum atomic E-state index is -0.596. The Morgan fingerprint density at radius 2 is 1.40 bits per heavy atom. The summed E-state index contributed by atoms with van der Waals surface area (Å²) in [5.41, 5.74) is -0.197. The van der Waals surface area contributed by atoms with E-state index >= 15 is 0 Å². The van der Waals surface area contributed by atoms with Crippen LogP contribution in [0.15, 0.2) is 30.3 Å². The predicted molar refractivity (Wildman–Crippen MR) is 168 cm³/mol. The van der Waals surface area contributed by atoms with E-state index in [9.17, 15) is 14.4 Å². The Morgan fingerprint density at radius 1 is 0.791 bits per heavy atom. The van der Waals surface area contributed by atoms with Crippen LogP contribution < -0.4 is 5.32 Å². The van der Waals surface area contributed by atoms with Gasteiger partial charge in [0.15, 0.2) is 0 Å². The van der Waals surface area contributed by atoms with Crippen molar-refractivity contribution in [2.45, 2.75) is 136 Å². The average molecular weight is 602 g/mol. The summed E-state index contributed by atoms with van der Waals surface area (Å²) in [7, 11) is 0. The van der Waals surface area contributed by atoms with Crippen molar-refractivity contribution in [2.75, 3.05) is 19.6 Å². The standard InChI is InChI=1S/C34H55N3O6/c1-33(2,3)42-31(39)36(22-13-23-37(29-16-11-8-12-17-29)32(40)43-34(4,5)6)24-26-18-20-28(21-19-26)35-30(38)41-25-27-14-9-7-10-15-27/h7,9-10,14-15,26,28-29H,8,11-13,16-25H2,1-6H3,(H,35,38). The zero-order valence-electron chi connectivity index (χ0n) is 27.4. The molecule has 242 valence electrons. The number of hydrogen-bond donors (Lipinski definition) is 1. The second kappa shape index (κ2) is 16.2. The van der Waals surface area contributed by atoms with E-state index in [4.69, 9.17) is 14.2 Å². The number of ether oxygens (including phenoxy) is 3. The molecule has 0 bridgehead atoms. The number of alkyl carbamates (subject to hydrolysis) is 1. The summed E-state index contributed by atoms with van der Waals surface area (Å²) in [5, 5.41) is 3.01. The number of benzene rings is 1. The Kier molecular flexibility index (Phi) is 13.0. The molecule has 2 saturated carbocycles. The van der Waals surface area contributed by atoms with Crippen molar-refractivity contribution < 1.29 is 28.6 Å². The van der Waals surface area contributed by atoms with E-state index in [2.05, 4.69) is 5.32 Å². The van der Waals surface area contributed by atoms with Gasteiger partial charge in [0.05, 0.1) is 0 Å². The normalized spacial score (nSPS) is 19.7. The Labute approximate surface area is 259 Å². The third-order valence-electron chi connectivity index (χ3n) is 7.98. The summed E-state index contributed by atoms with van der Waals surface area (Å²) in [6.07, 6.45) is 8.57. The van der Waals surface area contributed by atoms with Gasteiger partial charge in [0, 0.05) is 31.7 Å².